The first kappa shape index (κ1) is 16.0. The molecular weight excluding hydrogens is 262 g/mol. The number of fused-ring (bicyclic) bond motifs is 1. The highest BCUT2D eigenvalue weighted by atomic mass is 16.2. The number of likely N-dealkylation sites (N-methyl/N-ethyl adjacent to an activating group) is 1. The summed E-state index contributed by atoms with van der Waals surface area (Å²) >= 11 is 0. The summed E-state index contributed by atoms with van der Waals surface area (Å²) in [4.78, 5) is 14.5. The Morgan fingerprint density at radius 2 is 2.00 bits per heavy atom. The zero-order valence-electron chi connectivity index (χ0n) is 13.5. The predicted molar refractivity (Wildman–Crippen MR) is 86.1 cm³/mol. The van der Waals surface area contributed by atoms with Crippen LogP contribution in [0.4, 0.5) is 0 Å². The van der Waals surface area contributed by atoms with Gasteiger partial charge in [0.05, 0.1) is 6.04 Å². The van der Waals surface area contributed by atoms with Crippen LogP contribution in [0.25, 0.3) is 0 Å². The molecule has 4 heteroatoms. The van der Waals surface area contributed by atoms with Gasteiger partial charge >= 0.3 is 0 Å². The lowest BCUT2D eigenvalue weighted by Gasteiger charge is -2.30. The van der Waals surface area contributed by atoms with Crippen molar-refractivity contribution in [2.24, 2.45) is 5.92 Å². The van der Waals surface area contributed by atoms with Crippen LogP contribution in [0.2, 0.25) is 0 Å². The topological polar surface area (TPSA) is 44.4 Å². The molecule has 4 nitrogen and oxygen atoms in total. The second-order valence-electron chi connectivity index (χ2n) is 6.43. The van der Waals surface area contributed by atoms with E-state index in [1.807, 2.05) is 12.1 Å². The molecule has 1 aliphatic heterocycles. The van der Waals surface area contributed by atoms with E-state index >= 15 is 0 Å². The number of nitrogens with one attached hydrogen (secondary N) is 2. The summed E-state index contributed by atoms with van der Waals surface area (Å²) in [5.74, 6) is 0.623. The van der Waals surface area contributed by atoms with Crippen LogP contribution in [-0.2, 0) is 17.8 Å². The second-order valence-corrected chi connectivity index (χ2v) is 6.43. The number of nitrogens with zero attached hydrogens (tertiary/aromatic N) is 1. The lowest BCUT2D eigenvalue weighted by atomic mass is 9.95. The molecule has 0 saturated carbocycles. The number of rotatable bonds is 5. The number of amides is 1. The van der Waals surface area contributed by atoms with Gasteiger partial charge < -0.3 is 15.5 Å². The van der Waals surface area contributed by atoms with Crippen LogP contribution in [0.15, 0.2) is 24.3 Å². The number of benzene rings is 1. The highest BCUT2D eigenvalue weighted by Crippen LogP contribution is 2.16. The van der Waals surface area contributed by atoms with Crippen LogP contribution in [0.3, 0.4) is 0 Å². The van der Waals surface area contributed by atoms with Gasteiger partial charge in [0.2, 0.25) is 5.91 Å². The van der Waals surface area contributed by atoms with Gasteiger partial charge in [0.1, 0.15) is 0 Å². The van der Waals surface area contributed by atoms with Crippen molar-refractivity contribution < 1.29 is 4.79 Å². The summed E-state index contributed by atoms with van der Waals surface area (Å²) in [6.07, 6.45) is 0.774. The van der Waals surface area contributed by atoms with E-state index in [0.717, 1.165) is 13.0 Å². The average molecular weight is 289 g/mol. The molecule has 1 amide bonds. The van der Waals surface area contributed by atoms with Crippen molar-refractivity contribution in [3.8, 4) is 0 Å². The minimum Gasteiger partial charge on any atom is -0.353 e. The lowest BCUT2D eigenvalue weighted by Crippen LogP contribution is -2.51. The van der Waals surface area contributed by atoms with Crippen molar-refractivity contribution >= 4 is 5.91 Å². The zero-order valence-corrected chi connectivity index (χ0v) is 13.5. The maximum absolute atomic E-state index is 12.4. The molecular formula is C17H27N3O. The van der Waals surface area contributed by atoms with E-state index in [0.29, 0.717) is 18.5 Å². The molecule has 2 rings (SSSR count). The molecule has 0 aliphatic carbocycles. The smallest absolute Gasteiger partial charge is 0.237 e. The average Bonchev–Trinajstić information content (AvgIpc) is 2.46. The van der Waals surface area contributed by atoms with E-state index in [2.05, 4.69) is 55.6 Å². The second kappa shape index (κ2) is 7.05. The van der Waals surface area contributed by atoms with Crippen LogP contribution >= 0.6 is 0 Å². The fourth-order valence-electron chi connectivity index (χ4n) is 2.98. The first-order chi connectivity index (χ1) is 9.99. The van der Waals surface area contributed by atoms with Crippen LogP contribution in [-0.4, -0.2) is 43.5 Å². The fraction of sp³-hybridized carbons (Fsp3) is 0.588. The lowest BCUT2D eigenvalue weighted by molar-refractivity contribution is -0.123. The largest absolute Gasteiger partial charge is 0.353 e. The third kappa shape index (κ3) is 4.05. The van der Waals surface area contributed by atoms with Crippen molar-refractivity contribution in [1.29, 1.82) is 0 Å². The Morgan fingerprint density at radius 1 is 1.33 bits per heavy atom. The van der Waals surface area contributed by atoms with Crippen molar-refractivity contribution in [2.45, 2.75) is 38.9 Å². The third-order valence-corrected chi connectivity index (χ3v) is 4.32. The third-order valence-electron chi connectivity index (χ3n) is 4.32. The Bertz CT molecular complexity index is 477. The molecule has 0 aromatic heterocycles. The molecule has 0 saturated heterocycles. The van der Waals surface area contributed by atoms with Gasteiger partial charge in [0, 0.05) is 19.1 Å². The van der Waals surface area contributed by atoms with Crippen LogP contribution in [0, 0.1) is 5.92 Å². The zero-order chi connectivity index (χ0) is 15.4. The number of hydrogen-bond donors (Lipinski definition) is 2. The Labute approximate surface area is 127 Å². The van der Waals surface area contributed by atoms with Gasteiger partial charge in [0.15, 0.2) is 0 Å². The van der Waals surface area contributed by atoms with Crippen molar-refractivity contribution in [3.05, 3.63) is 35.4 Å². The Balaban J connectivity index is 1.90. The van der Waals surface area contributed by atoms with Gasteiger partial charge in [-0.25, -0.2) is 0 Å². The van der Waals surface area contributed by atoms with Crippen LogP contribution in [0.1, 0.15) is 25.0 Å². The predicted octanol–water partition coefficient (Wildman–Crippen LogP) is 1.40. The molecule has 0 spiro atoms. The molecule has 1 aromatic rings. The molecule has 21 heavy (non-hydrogen) atoms. The van der Waals surface area contributed by atoms with Gasteiger partial charge in [-0.1, -0.05) is 38.1 Å². The quantitative estimate of drug-likeness (QED) is 0.861. The summed E-state index contributed by atoms with van der Waals surface area (Å²) in [5.41, 5.74) is 2.58. The minimum absolute atomic E-state index is 0.108. The number of carbonyl (C=O) groups is 1. The van der Waals surface area contributed by atoms with E-state index in [1.165, 1.54) is 11.1 Å². The number of carbonyl (C=O) groups excluding carboxylic acids is 1. The molecule has 116 valence electrons. The molecule has 0 bridgehead atoms. The van der Waals surface area contributed by atoms with E-state index in [-0.39, 0.29) is 11.9 Å². The maximum atomic E-state index is 12.4. The molecule has 2 atom stereocenters. The summed E-state index contributed by atoms with van der Waals surface area (Å²) in [7, 11) is 4.12. The summed E-state index contributed by atoms with van der Waals surface area (Å²) in [5, 5.41) is 6.43. The first-order valence-corrected chi connectivity index (χ1v) is 7.73. The fourth-order valence-corrected chi connectivity index (χ4v) is 2.98. The maximum Gasteiger partial charge on any atom is 0.237 e. The molecule has 0 fully saturated rings. The van der Waals surface area contributed by atoms with Crippen LogP contribution in [0.5, 0.6) is 0 Å². The normalized spacial score (nSPS) is 19.4. The monoisotopic (exact) mass is 289 g/mol. The van der Waals surface area contributed by atoms with E-state index < -0.39 is 0 Å². The SMILES string of the molecule is CC(C)C(CNC(=O)C1Cc2ccccc2CN1)N(C)C. The standard InChI is InChI=1S/C17H27N3O/c1-12(2)16(20(3)4)11-19-17(21)15-9-13-7-5-6-8-14(13)10-18-15/h5-8,12,15-16,18H,9-11H2,1-4H3,(H,19,21). The summed E-state index contributed by atoms with van der Waals surface area (Å²) in [6.45, 7) is 5.84. The van der Waals surface area contributed by atoms with Gasteiger partial charge in [-0.05, 0) is 37.6 Å². The molecule has 1 aromatic carbocycles. The van der Waals surface area contributed by atoms with Gasteiger partial charge in [-0.2, -0.15) is 0 Å². The highest BCUT2D eigenvalue weighted by molar-refractivity contribution is 5.82. The highest BCUT2D eigenvalue weighted by Gasteiger charge is 2.25. The van der Waals surface area contributed by atoms with E-state index in [1.54, 1.807) is 0 Å². The van der Waals surface area contributed by atoms with Gasteiger partial charge in [-0.3, -0.25) is 4.79 Å². The van der Waals surface area contributed by atoms with Crippen molar-refractivity contribution in [3.63, 3.8) is 0 Å². The summed E-state index contributed by atoms with van der Waals surface area (Å²) < 4.78 is 0. The van der Waals surface area contributed by atoms with Crippen molar-refractivity contribution in [2.75, 3.05) is 20.6 Å². The number of hydrogen-bond acceptors (Lipinski definition) is 3. The Morgan fingerprint density at radius 3 is 2.62 bits per heavy atom. The van der Waals surface area contributed by atoms with Crippen LogP contribution < -0.4 is 10.6 Å². The summed E-state index contributed by atoms with van der Waals surface area (Å²) in [6, 6.07) is 8.58. The Kier molecular flexibility index (Phi) is 5.37. The van der Waals surface area contributed by atoms with E-state index in [9.17, 15) is 4.79 Å². The molecule has 0 radical (unpaired) electrons. The first-order valence-electron chi connectivity index (χ1n) is 7.73. The van der Waals surface area contributed by atoms with E-state index in [4.69, 9.17) is 0 Å². The minimum atomic E-state index is -0.116. The van der Waals surface area contributed by atoms with Gasteiger partial charge in [-0.15, -0.1) is 0 Å². The van der Waals surface area contributed by atoms with Gasteiger partial charge in [0.25, 0.3) is 0 Å². The molecule has 1 heterocycles. The Hall–Kier alpha value is -1.39. The molecule has 1 aliphatic rings. The molecule has 2 N–H and O–H groups in total. The molecule has 2 unspecified atom stereocenters. The van der Waals surface area contributed by atoms with Crippen molar-refractivity contribution in [1.82, 2.24) is 15.5 Å².